The summed E-state index contributed by atoms with van der Waals surface area (Å²) in [5.74, 6) is 0. The number of rotatable bonds is 3. The SMILES string of the molecule is N#CCCCNC(=O)N1CCCC1. The van der Waals surface area contributed by atoms with Crippen molar-refractivity contribution in [2.24, 2.45) is 0 Å². The van der Waals surface area contributed by atoms with Crippen LogP contribution in [0.1, 0.15) is 25.7 Å². The van der Waals surface area contributed by atoms with Gasteiger partial charge in [-0.05, 0) is 19.3 Å². The van der Waals surface area contributed by atoms with Gasteiger partial charge in [-0.15, -0.1) is 0 Å². The minimum absolute atomic E-state index is 0.0236. The molecule has 1 saturated heterocycles. The molecule has 0 aromatic carbocycles. The second kappa shape index (κ2) is 5.41. The van der Waals surface area contributed by atoms with E-state index in [4.69, 9.17) is 5.26 Å². The molecule has 1 N–H and O–H groups in total. The third-order valence-electron chi connectivity index (χ3n) is 2.13. The Hall–Kier alpha value is -1.24. The van der Waals surface area contributed by atoms with E-state index in [1.807, 2.05) is 11.0 Å². The van der Waals surface area contributed by atoms with Crippen LogP contribution < -0.4 is 5.32 Å². The van der Waals surface area contributed by atoms with E-state index in [9.17, 15) is 4.79 Å². The lowest BCUT2D eigenvalue weighted by atomic mass is 10.3. The highest BCUT2D eigenvalue weighted by atomic mass is 16.2. The molecule has 0 aromatic heterocycles. The lowest BCUT2D eigenvalue weighted by Gasteiger charge is -2.15. The van der Waals surface area contributed by atoms with Gasteiger partial charge in [-0.2, -0.15) is 5.26 Å². The van der Waals surface area contributed by atoms with Crippen LogP contribution in [-0.4, -0.2) is 30.6 Å². The number of amides is 2. The molecular weight excluding hydrogens is 166 g/mol. The van der Waals surface area contributed by atoms with Crippen LogP contribution in [0.25, 0.3) is 0 Å². The summed E-state index contributed by atoms with van der Waals surface area (Å²) in [5, 5.41) is 11.1. The number of hydrogen-bond acceptors (Lipinski definition) is 2. The quantitative estimate of drug-likeness (QED) is 0.663. The van der Waals surface area contributed by atoms with Crippen LogP contribution in [0.5, 0.6) is 0 Å². The zero-order valence-electron chi connectivity index (χ0n) is 7.75. The molecule has 4 heteroatoms. The Labute approximate surface area is 78.5 Å². The Morgan fingerprint density at radius 2 is 2.15 bits per heavy atom. The van der Waals surface area contributed by atoms with Crippen molar-refractivity contribution in [1.82, 2.24) is 10.2 Å². The van der Waals surface area contributed by atoms with Crippen molar-refractivity contribution in [3.05, 3.63) is 0 Å². The molecular formula is C9H15N3O. The van der Waals surface area contributed by atoms with E-state index >= 15 is 0 Å². The standard InChI is InChI=1S/C9H15N3O/c10-5-1-2-6-11-9(13)12-7-3-4-8-12/h1-4,6-8H2,(H,11,13). The first kappa shape index (κ1) is 9.85. The van der Waals surface area contributed by atoms with Crippen molar-refractivity contribution in [3.8, 4) is 6.07 Å². The molecule has 1 aliphatic rings. The van der Waals surface area contributed by atoms with E-state index in [2.05, 4.69) is 5.32 Å². The molecule has 1 aliphatic heterocycles. The Bertz CT molecular complexity index is 203. The number of nitrogens with zero attached hydrogens (tertiary/aromatic N) is 2. The van der Waals surface area contributed by atoms with E-state index < -0.39 is 0 Å². The summed E-state index contributed by atoms with van der Waals surface area (Å²) < 4.78 is 0. The van der Waals surface area contributed by atoms with Crippen molar-refractivity contribution >= 4 is 6.03 Å². The van der Waals surface area contributed by atoms with E-state index in [0.717, 1.165) is 32.4 Å². The zero-order valence-corrected chi connectivity index (χ0v) is 7.75. The maximum absolute atomic E-state index is 11.3. The summed E-state index contributed by atoms with van der Waals surface area (Å²) >= 11 is 0. The topological polar surface area (TPSA) is 56.1 Å². The first-order chi connectivity index (χ1) is 6.34. The molecule has 0 radical (unpaired) electrons. The highest BCUT2D eigenvalue weighted by molar-refractivity contribution is 5.74. The smallest absolute Gasteiger partial charge is 0.317 e. The van der Waals surface area contributed by atoms with Crippen molar-refractivity contribution in [1.29, 1.82) is 5.26 Å². The van der Waals surface area contributed by atoms with Gasteiger partial charge in [0.15, 0.2) is 0 Å². The van der Waals surface area contributed by atoms with Crippen LogP contribution in [0.2, 0.25) is 0 Å². The number of hydrogen-bond donors (Lipinski definition) is 1. The van der Waals surface area contributed by atoms with Crippen LogP contribution in [0.4, 0.5) is 4.79 Å². The van der Waals surface area contributed by atoms with Gasteiger partial charge in [0.05, 0.1) is 6.07 Å². The van der Waals surface area contributed by atoms with Crippen molar-refractivity contribution in [2.75, 3.05) is 19.6 Å². The molecule has 4 nitrogen and oxygen atoms in total. The van der Waals surface area contributed by atoms with Crippen LogP contribution in [0.15, 0.2) is 0 Å². The average Bonchev–Trinajstić information content (AvgIpc) is 2.65. The summed E-state index contributed by atoms with van der Waals surface area (Å²) in [6, 6.07) is 2.07. The van der Waals surface area contributed by atoms with Crippen molar-refractivity contribution < 1.29 is 4.79 Å². The number of carbonyl (C=O) groups excluding carboxylic acids is 1. The fourth-order valence-corrected chi connectivity index (χ4v) is 1.39. The summed E-state index contributed by atoms with van der Waals surface area (Å²) in [6.07, 6.45) is 3.49. The first-order valence-electron chi connectivity index (χ1n) is 4.74. The van der Waals surface area contributed by atoms with Crippen molar-refractivity contribution in [2.45, 2.75) is 25.7 Å². The molecule has 0 atom stereocenters. The predicted molar refractivity (Wildman–Crippen MR) is 49.1 cm³/mol. The number of nitrogens with one attached hydrogen (secondary N) is 1. The van der Waals surface area contributed by atoms with Gasteiger partial charge in [-0.1, -0.05) is 0 Å². The minimum Gasteiger partial charge on any atom is -0.338 e. The summed E-state index contributed by atoms with van der Waals surface area (Å²) in [4.78, 5) is 13.2. The normalized spacial score (nSPS) is 15.5. The van der Waals surface area contributed by atoms with Gasteiger partial charge in [-0.25, -0.2) is 4.79 Å². The molecule has 0 saturated carbocycles. The predicted octanol–water partition coefficient (Wildman–Crippen LogP) is 1.10. The maximum Gasteiger partial charge on any atom is 0.317 e. The molecule has 1 fully saturated rings. The van der Waals surface area contributed by atoms with Gasteiger partial charge in [0.1, 0.15) is 0 Å². The van der Waals surface area contributed by atoms with Crippen LogP contribution >= 0.6 is 0 Å². The summed E-state index contributed by atoms with van der Waals surface area (Å²) in [7, 11) is 0. The number of unbranched alkanes of at least 4 members (excludes halogenated alkanes) is 1. The van der Waals surface area contributed by atoms with Crippen LogP contribution in [-0.2, 0) is 0 Å². The third kappa shape index (κ3) is 3.32. The number of likely N-dealkylation sites (tertiary alicyclic amines) is 1. The molecule has 2 amide bonds. The molecule has 1 heterocycles. The number of nitriles is 1. The van der Waals surface area contributed by atoms with Crippen LogP contribution in [0, 0.1) is 11.3 Å². The van der Waals surface area contributed by atoms with E-state index in [0.29, 0.717) is 13.0 Å². The Kier molecular flexibility index (Phi) is 4.10. The lowest BCUT2D eigenvalue weighted by molar-refractivity contribution is 0.209. The van der Waals surface area contributed by atoms with Gasteiger partial charge < -0.3 is 10.2 Å². The number of urea groups is 1. The van der Waals surface area contributed by atoms with Gasteiger partial charge >= 0.3 is 6.03 Å². The summed E-state index contributed by atoms with van der Waals surface area (Å²) in [5.41, 5.74) is 0. The first-order valence-corrected chi connectivity index (χ1v) is 4.74. The van der Waals surface area contributed by atoms with Gasteiger partial charge in [0.25, 0.3) is 0 Å². The zero-order chi connectivity index (χ0) is 9.52. The molecule has 1 rings (SSSR count). The van der Waals surface area contributed by atoms with Gasteiger partial charge in [0.2, 0.25) is 0 Å². The second-order valence-corrected chi connectivity index (χ2v) is 3.19. The Balaban J connectivity index is 2.07. The van der Waals surface area contributed by atoms with Gasteiger partial charge in [0, 0.05) is 26.1 Å². The fourth-order valence-electron chi connectivity index (χ4n) is 1.39. The molecule has 13 heavy (non-hydrogen) atoms. The largest absolute Gasteiger partial charge is 0.338 e. The monoisotopic (exact) mass is 181 g/mol. The minimum atomic E-state index is 0.0236. The summed E-state index contributed by atoms with van der Waals surface area (Å²) in [6.45, 7) is 2.37. The van der Waals surface area contributed by atoms with E-state index in [1.165, 1.54) is 0 Å². The average molecular weight is 181 g/mol. The maximum atomic E-state index is 11.3. The molecule has 0 bridgehead atoms. The molecule has 0 aliphatic carbocycles. The Morgan fingerprint density at radius 1 is 1.46 bits per heavy atom. The number of carbonyl (C=O) groups is 1. The fraction of sp³-hybridized carbons (Fsp3) is 0.778. The molecule has 0 spiro atoms. The highest BCUT2D eigenvalue weighted by Crippen LogP contribution is 2.06. The van der Waals surface area contributed by atoms with Crippen molar-refractivity contribution in [3.63, 3.8) is 0 Å². The molecule has 72 valence electrons. The molecule has 0 unspecified atom stereocenters. The van der Waals surface area contributed by atoms with E-state index in [-0.39, 0.29) is 6.03 Å². The molecule has 0 aromatic rings. The second-order valence-electron chi connectivity index (χ2n) is 3.19. The third-order valence-corrected chi connectivity index (χ3v) is 2.13. The van der Waals surface area contributed by atoms with Crippen LogP contribution in [0.3, 0.4) is 0 Å². The highest BCUT2D eigenvalue weighted by Gasteiger charge is 2.16. The van der Waals surface area contributed by atoms with Gasteiger partial charge in [-0.3, -0.25) is 0 Å². The lowest BCUT2D eigenvalue weighted by Crippen LogP contribution is -2.38. The van der Waals surface area contributed by atoms with E-state index in [1.54, 1.807) is 0 Å². The Morgan fingerprint density at radius 3 is 2.77 bits per heavy atom.